The van der Waals surface area contributed by atoms with Crippen LogP contribution < -0.4 is 5.32 Å². The molecule has 1 aromatic heterocycles. The fourth-order valence-electron chi connectivity index (χ4n) is 0.805. The Labute approximate surface area is 68.1 Å². The van der Waals surface area contributed by atoms with Crippen LogP contribution in [-0.4, -0.2) is 12.5 Å². The van der Waals surface area contributed by atoms with Gasteiger partial charge in [-0.05, 0) is 18.3 Å². The molecule has 2 nitrogen and oxygen atoms in total. The minimum Gasteiger partial charge on any atom is -0.352 e. The smallest absolute Gasteiger partial charge is 0.255 e. The lowest BCUT2D eigenvalue weighted by Crippen LogP contribution is -2.22. The molecule has 1 unspecified atom stereocenters. The fourth-order valence-corrected chi connectivity index (χ4v) is 1.59. The van der Waals surface area contributed by atoms with E-state index in [2.05, 4.69) is 5.32 Å². The molecular formula is C8H12NOP. The minimum atomic E-state index is 0.0928. The van der Waals surface area contributed by atoms with Gasteiger partial charge in [0.2, 0.25) is 0 Å². The largest absolute Gasteiger partial charge is 0.352 e. The van der Waals surface area contributed by atoms with Gasteiger partial charge in [-0.25, -0.2) is 0 Å². The van der Waals surface area contributed by atoms with Crippen molar-refractivity contribution in [2.24, 2.45) is 0 Å². The Morgan fingerprint density at radius 1 is 1.73 bits per heavy atom. The van der Waals surface area contributed by atoms with Crippen molar-refractivity contribution in [3.8, 4) is 0 Å². The van der Waals surface area contributed by atoms with Gasteiger partial charge in [0.25, 0.3) is 5.91 Å². The first-order valence-electron chi connectivity index (χ1n) is 3.76. The highest BCUT2D eigenvalue weighted by Gasteiger charge is 2.01. The zero-order valence-corrected chi connectivity index (χ0v) is 7.55. The van der Waals surface area contributed by atoms with Gasteiger partial charge in [-0.3, -0.25) is 4.79 Å². The molecule has 0 aromatic carbocycles. The van der Waals surface area contributed by atoms with Crippen LogP contribution in [0.15, 0.2) is 17.9 Å². The second kappa shape index (κ2) is 4.20. The molecular weight excluding hydrogens is 157 g/mol. The summed E-state index contributed by atoms with van der Waals surface area (Å²) in [6, 6.07) is 3.81. The summed E-state index contributed by atoms with van der Waals surface area (Å²) in [5.74, 6) is 2.11. The molecule has 0 aliphatic heterocycles. The second-order valence-corrected chi connectivity index (χ2v) is 3.50. The summed E-state index contributed by atoms with van der Waals surface area (Å²) in [6.45, 7) is 2.82. The molecule has 0 radical (unpaired) electrons. The standard InChI is InChI=1S/C8H12NOP/c1-2-5-9-8(10)7-4-3-6-11-7/h3-4,6,11H,2,5H2,1H3,(H,9,10). The second-order valence-electron chi connectivity index (χ2n) is 2.34. The Kier molecular flexibility index (Phi) is 3.18. The molecule has 1 aromatic rings. The van der Waals surface area contributed by atoms with Gasteiger partial charge in [0.15, 0.2) is 0 Å². The molecule has 0 saturated carbocycles. The van der Waals surface area contributed by atoms with E-state index < -0.39 is 0 Å². The quantitative estimate of drug-likeness (QED) is 0.735. The van der Waals surface area contributed by atoms with Crippen LogP contribution in [0.4, 0.5) is 0 Å². The van der Waals surface area contributed by atoms with E-state index in [0.717, 1.165) is 18.3 Å². The van der Waals surface area contributed by atoms with Crippen LogP contribution in [0.25, 0.3) is 0 Å². The predicted molar refractivity (Wildman–Crippen MR) is 48.6 cm³/mol. The van der Waals surface area contributed by atoms with Gasteiger partial charge >= 0.3 is 0 Å². The molecule has 1 atom stereocenters. The number of amides is 1. The van der Waals surface area contributed by atoms with Crippen LogP contribution in [0, 0.1) is 0 Å². The van der Waals surface area contributed by atoms with Gasteiger partial charge in [0.1, 0.15) is 0 Å². The Morgan fingerprint density at radius 2 is 2.55 bits per heavy atom. The summed E-state index contributed by atoms with van der Waals surface area (Å²) in [5, 5.41) is 3.74. The van der Waals surface area contributed by atoms with E-state index in [0.29, 0.717) is 8.19 Å². The van der Waals surface area contributed by atoms with Crippen molar-refractivity contribution in [1.29, 1.82) is 0 Å². The Morgan fingerprint density at radius 3 is 3.09 bits per heavy atom. The average Bonchev–Trinajstić information content (AvgIpc) is 2.52. The van der Waals surface area contributed by atoms with E-state index in [4.69, 9.17) is 0 Å². The number of carbonyl (C=O) groups is 1. The third-order valence-corrected chi connectivity index (χ3v) is 2.44. The van der Waals surface area contributed by atoms with E-state index in [1.165, 1.54) is 0 Å². The lowest BCUT2D eigenvalue weighted by atomic mass is 10.4. The van der Waals surface area contributed by atoms with Gasteiger partial charge in [-0.15, -0.1) is 8.19 Å². The normalized spacial score (nSPS) is 10.3. The van der Waals surface area contributed by atoms with E-state index in [1.807, 2.05) is 24.9 Å². The summed E-state index contributed by atoms with van der Waals surface area (Å²) in [5.41, 5.74) is 0. The van der Waals surface area contributed by atoms with Crippen molar-refractivity contribution in [1.82, 2.24) is 5.32 Å². The lowest BCUT2D eigenvalue weighted by molar-refractivity contribution is 0.0958. The van der Waals surface area contributed by atoms with Crippen molar-refractivity contribution >= 4 is 14.1 Å². The summed E-state index contributed by atoms with van der Waals surface area (Å²) < 4.78 is 0. The molecule has 1 N–H and O–H groups in total. The van der Waals surface area contributed by atoms with Crippen molar-refractivity contribution < 1.29 is 4.79 Å². The van der Waals surface area contributed by atoms with Crippen LogP contribution in [-0.2, 0) is 0 Å². The van der Waals surface area contributed by atoms with Crippen molar-refractivity contribution in [3.63, 3.8) is 0 Å². The SMILES string of the molecule is CCCNC(=O)c1ccc[pH]1. The number of nitrogens with one attached hydrogen (secondary N) is 1. The average molecular weight is 169 g/mol. The topological polar surface area (TPSA) is 29.1 Å². The number of hydrogen-bond acceptors (Lipinski definition) is 1. The fraction of sp³-hybridized carbons (Fsp3) is 0.375. The molecule has 1 heterocycles. The Hall–Kier alpha value is -0.750. The van der Waals surface area contributed by atoms with Gasteiger partial charge in [0, 0.05) is 6.54 Å². The van der Waals surface area contributed by atoms with E-state index in [9.17, 15) is 4.79 Å². The summed E-state index contributed by atoms with van der Waals surface area (Å²) >= 11 is 0. The van der Waals surface area contributed by atoms with Crippen LogP contribution >= 0.6 is 8.19 Å². The molecule has 60 valence electrons. The highest BCUT2D eigenvalue weighted by atomic mass is 31.0. The Bertz CT molecular complexity index is 218. The van der Waals surface area contributed by atoms with E-state index >= 15 is 0 Å². The van der Waals surface area contributed by atoms with Gasteiger partial charge in [-0.2, -0.15) is 0 Å². The summed E-state index contributed by atoms with van der Waals surface area (Å²) in [7, 11) is 0.560. The third-order valence-electron chi connectivity index (χ3n) is 1.38. The van der Waals surface area contributed by atoms with Gasteiger partial charge in [-0.1, -0.05) is 13.0 Å². The molecule has 0 bridgehead atoms. The number of rotatable bonds is 3. The van der Waals surface area contributed by atoms with Gasteiger partial charge < -0.3 is 5.32 Å². The molecule has 0 aliphatic rings. The molecule has 0 saturated heterocycles. The zero-order valence-electron chi connectivity index (χ0n) is 6.55. The molecule has 1 rings (SSSR count). The summed E-state index contributed by atoms with van der Waals surface area (Å²) in [4.78, 5) is 11.2. The van der Waals surface area contributed by atoms with Crippen LogP contribution in [0.3, 0.4) is 0 Å². The molecule has 11 heavy (non-hydrogen) atoms. The van der Waals surface area contributed by atoms with E-state index in [-0.39, 0.29) is 5.91 Å². The number of carbonyl (C=O) groups excluding carboxylic acids is 1. The highest BCUT2D eigenvalue weighted by Crippen LogP contribution is 2.13. The van der Waals surface area contributed by atoms with Gasteiger partial charge in [0.05, 0.1) is 5.30 Å². The Balaban J connectivity index is 2.43. The molecule has 3 heteroatoms. The molecule has 0 fully saturated rings. The maximum atomic E-state index is 11.2. The van der Waals surface area contributed by atoms with Crippen molar-refractivity contribution in [2.45, 2.75) is 13.3 Å². The highest BCUT2D eigenvalue weighted by molar-refractivity contribution is 7.31. The molecule has 0 spiro atoms. The first kappa shape index (κ1) is 8.35. The summed E-state index contributed by atoms with van der Waals surface area (Å²) in [6.07, 6.45) is 0.996. The van der Waals surface area contributed by atoms with Crippen molar-refractivity contribution in [3.05, 3.63) is 23.2 Å². The number of hydrogen-bond donors (Lipinski definition) is 1. The van der Waals surface area contributed by atoms with E-state index in [1.54, 1.807) is 0 Å². The van der Waals surface area contributed by atoms with Crippen LogP contribution in [0.1, 0.15) is 23.4 Å². The molecule has 1 amide bonds. The van der Waals surface area contributed by atoms with Crippen LogP contribution in [0.5, 0.6) is 0 Å². The third kappa shape index (κ3) is 2.39. The van der Waals surface area contributed by atoms with Crippen LogP contribution in [0.2, 0.25) is 0 Å². The first-order valence-corrected chi connectivity index (χ1v) is 4.84. The van der Waals surface area contributed by atoms with Crippen molar-refractivity contribution in [2.75, 3.05) is 6.54 Å². The molecule has 0 aliphatic carbocycles. The first-order chi connectivity index (χ1) is 5.34. The predicted octanol–water partition coefficient (Wildman–Crippen LogP) is 1.86. The zero-order chi connectivity index (χ0) is 8.10. The maximum absolute atomic E-state index is 11.2. The monoisotopic (exact) mass is 169 g/mol. The lowest BCUT2D eigenvalue weighted by Gasteiger charge is -1.99. The maximum Gasteiger partial charge on any atom is 0.255 e. The minimum absolute atomic E-state index is 0.0928.